The molecule has 3 heterocycles. The van der Waals surface area contributed by atoms with E-state index in [1.807, 2.05) is 0 Å². The van der Waals surface area contributed by atoms with Crippen LogP contribution in [0.1, 0.15) is 23.2 Å². The Kier molecular flexibility index (Phi) is 6.79. The Morgan fingerprint density at radius 3 is 2.38 bits per heavy atom. The lowest BCUT2D eigenvalue weighted by Gasteiger charge is -2.40. The molecule has 0 bridgehead atoms. The van der Waals surface area contributed by atoms with E-state index >= 15 is 0 Å². The molecule has 0 spiro atoms. The number of nitrogens with one attached hydrogen (secondary N) is 1. The van der Waals surface area contributed by atoms with Crippen LogP contribution in [0.3, 0.4) is 0 Å². The number of aliphatic hydroxyl groups is 1. The summed E-state index contributed by atoms with van der Waals surface area (Å²) in [6, 6.07) is 2.99. The first-order valence-electron chi connectivity index (χ1n) is 10.5. The zero-order valence-corrected chi connectivity index (χ0v) is 20.3. The van der Waals surface area contributed by atoms with Crippen molar-refractivity contribution < 1.29 is 44.3 Å². The lowest BCUT2D eigenvalue weighted by atomic mass is 10.0. The number of hydrogen-bond acceptors (Lipinski definition) is 7. The highest BCUT2D eigenvalue weighted by Gasteiger charge is 2.60. The highest BCUT2D eigenvalue weighted by Crippen LogP contribution is 2.46. The molecule has 0 aliphatic carbocycles. The predicted molar refractivity (Wildman–Crippen MR) is 117 cm³/mol. The third-order valence-corrected chi connectivity index (χ3v) is 9.52. The summed E-state index contributed by atoms with van der Waals surface area (Å²) in [6.07, 6.45) is -9.30. The molecule has 2 atom stereocenters. The maximum atomic E-state index is 13.8. The molecule has 0 radical (unpaired) electrons. The predicted octanol–water partition coefficient (Wildman–Crippen LogP) is 3.72. The van der Waals surface area contributed by atoms with Gasteiger partial charge in [-0.15, -0.1) is 21.5 Å². The van der Waals surface area contributed by atoms with Gasteiger partial charge in [-0.25, -0.2) is 12.8 Å². The summed E-state index contributed by atoms with van der Waals surface area (Å²) < 4.78 is 122. The van der Waals surface area contributed by atoms with Crippen LogP contribution in [-0.2, 0) is 21.8 Å². The summed E-state index contributed by atoms with van der Waals surface area (Å²) in [5.41, 5.74) is -5.18. The first kappa shape index (κ1) is 27.3. The molecule has 1 aromatic carbocycles. The fourth-order valence-electron chi connectivity index (χ4n) is 4.07. The number of alkyl halides is 6. The van der Waals surface area contributed by atoms with E-state index in [2.05, 4.69) is 15.2 Å². The molecule has 37 heavy (non-hydrogen) atoms. The van der Waals surface area contributed by atoms with Gasteiger partial charge in [0.2, 0.25) is 0 Å². The Morgan fingerprint density at radius 1 is 1.11 bits per heavy atom. The van der Waals surface area contributed by atoms with E-state index in [0.29, 0.717) is 6.07 Å². The van der Waals surface area contributed by atoms with Gasteiger partial charge in [-0.1, -0.05) is 0 Å². The summed E-state index contributed by atoms with van der Waals surface area (Å²) in [6.45, 7) is 0.741. The van der Waals surface area contributed by atoms with Gasteiger partial charge in [0.25, 0.3) is 15.6 Å². The quantitative estimate of drug-likeness (QED) is 0.452. The first-order valence-corrected chi connectivity index (χ1v) is 12.7. The van der Waals surface area contributed by atoms with Crippen molar-refractivity contribution in [2.45, 2.75) is 35.1 Å². The summed E-state index contributed by atoms with van der Waals surface area (Å²) in [5.74, 6) is -2.03. The second-order valence-corrected chi connectivity index (χ2v) is 11.4. The van der Waals surface area contributed by atoms with Crippen LogP contribution in [0.5, 0.6) is 0 Å². The molecule has 4 rings (SSSR count). The molecule has 0 amide bonds. The number of aromatic amines is 1. The fraction of sp³-hybridized carbons (Fsp3) is 0.400. The number of piperazine rings is 1. The number of thiophene rings is 1. The Balaban J connectivity index is 1.61. The van der Waals surface area contributed by atoms with Crippen molar-refractivity contribution in [3.05, 3.63) is 58.7 Å². The van der Waals surface area contributed by atoms with Gasteiger partial charge in [-0.05, 0) is 37.3 Å². The lowest BCUT2D eigenvalue weighted by Crippen LogP contribution is -2.54. The van der Waals surface area contributed by atoms with E-state index in [1.165, 1.54) is 11.8 Å². The molecule has 1 unspecified atom stereocenters. The Hall–Kier alpha value is -2.76. The van der Waals surface area contributed by atoms with Crippen LogP contribution in [0.4, 0.5) is 36.4 Å². The summed E-state index contributed by atoms with van der Waals surface area (Å²) >= 11 is 0.181. The smallest absolute Gasteiger partial charge is 0.369 e. The average molecular weight is 574 g/mol. The SMILES string of the molecule is C[C@@H]1CN(c2ccc(F)cc2C(F)(F)F)CCN1S(=O)(=O)c1ccc(C(O)(c2nnc[nH]2)C(F)(F)F)s1. The van der Waals surface area contributed by atoms with Gasteiger partial charge in [0.15, 0.2) is 5.82 Å². The Bertz CT molecular complexity index is 1380. The number of sulfonamides is 1. The lowest BCUT2D eigenvalue weighted by molar-refractivity contribution is -0.249. The fourth-order valence-corrected chi connectivity index (χ4v) is 7.23. The molecule has 2 N–H and O–H groups in total. The number of H-pyrrole nitrogens is 1. The number of anilines is 1. The number of nitrogens with zero attached hydrogens (tertiary/aromatic N) is 4. The summed E-state index contributed by atoms with van der Waals surface area (Å²) in [4.78, 5) is 2.58. The second kappa shape index (κ2) is 9.21. The zero-order valence-electron chi connectivity index (χ0n) is 18.7. The van der Waals surface area contributed by atoms with Crippen LogP contribution in [0.2, 0.25) is 0 Å². The van der Waals surface area contributed by atoms with Crippen LogP contribution >= 0.6 is 11.3 Å². The van der Waals surface area contributed by atoms with Gasteiger partial charge in [0.05, 0.1) is 10.4 Å². The van der Waals surface area contributed by atoms with Gasteiger partial charge in [0.1, 0.15) is 16.4 Å². The van der Waals surface area contributed by atoms with Crippen molar-refractivity contribution in [1.29, 1.82) is 0 Å². The van der Waals surface area contributed by atoms with E-state index in [1.54, 1.807) is 0 Å². The molecule has 3 aromatic rings. The number of halogens is 7. The van der Waals surface area contributed by atoms with Crippen LogP contribution in [-0.4, -0.2) is 64.9 Å². The van der Waals surface area contributed by atoms with Crippen LogP contribution < -0.4 is 4.90 Å². The third kappa shape index (κ3) is 4.80. The number of hydrogen-bond donors (Lipinski definition) is 2. The molecule has 2 aromatic heterocycles. The zero-order chi connectivity index (χ0) is 27.4. The van der Waals surface area contributed by atoms with E-state index in [9.17, 15) is 44.3 Å². The minimum Gasteiger partial charge on any atom is -0.369 e. The van der Waals surface area contributed by atoms with E-state index in [4.69, 9.17) is 0 Å². The van der Waals surface area contributed by atoms with Crippen LogP contribution in [0, 0.1) is 5.82 Å². The van der Waals surface area contributed by atoms with Gasteiger partial charge in [0, 0.05) is 31.4 Å². The van der Waals surface area contributed by atoms with Crippen molar-refractivity contribution >= 4 is 27.0 Å². The molecular weight excluding hydrogens is 555 g/mol. The number of rotatable bonds is 5. The minimum absolute atomic E-state index is 0.181. The average Bonchev–Trinajstić information content (AvgIpc) is 3.50. The maximum Gasteiger partial charge on any atom is 0.429 e. The maximum absolute atomic E-state index is 13.8. The van der Waals surface area contributed by atoms with Crippen molar-refractivity contribution in [2.75, 3.05) is 24.5 Å². The topological polar surface area (TPSA) is 102 Å². The molecule has 1 saturated heterocycles. The van der Waals surface area contributed by atoms with Crippen molar-refractivity contribution in [1.82, 2.24) is 19.5 Å². The Morgan fingerprint density at radius 2 is 1.81 bits per heavy atom. The standard InChI is InChI=1S/C20H18F7N5O3S2/c1-11-9-31(14-3-2-12(21)8-13(14)19(22,23)24)6-7-32(11)37(34,35)16-5-4-15(36-16)18(33,20(25,26)27)17-28-10-29-30-17/h2-5,8,10-11,33H,6-7,9H2,1H3,(H,28,29,30)/t11-,18?/m1/s1. The molecule has 8 nitrogen and oxygen atoms in total. The van der Waals surface area contributed by atoms with E-state index < -0.39 is 60.3 Å². The van der Waals surface area contributed by atoms with Crippen LogP contribution in [0.15, 0.2) is 40.9 Å². The van der Waals surface area contributed by atoms with Crippen molar-refractivity contribution in [2.24, 2.45) is 0 Å². The third-order valence-electron chi connectivity index (χ3n) is 5.84. The van der Waals surface area contributed by atoms with Gasteiger partial charge in [-0.3, -0.25) is 0 Å². The second-order valence-electron chi connectivity index (χ2n) is 8.23. The van der Waals surface area contributed by atoms with Crippen molar-refractivity contribution in [3.63, 3.8) is 0 Å². The molecule has 1 aliphatic heterocycles. The molecule has 1 aliphatic rings. The van der Waals surface area contributed by atoms with E-state index in [-0.39, 0.29) is 36.7 Å². The first-order chi connectivity index (χ1) is 17.1. The normalized spacial score (nSPS) is 19.7. The largest absolute Gasteiger partial charge is 0.429 e. The molecule has 202 valence electrons. The van der Waals surface area contributed by atoms with Crippen molar-refractivity contribution in [3.8, 4) is 0 Å². The van der Waals surface area contributed by atoms with Gasteiger partial charge >= 0.3 is 12.4 Å². The monoisotopic (exact) mass is 573 g/mol. The number of aromatic nitrogens is 3. The highest BCUT2D eigenvalue weighted by molar-refractivity contribution is 7.91. The Labute approximate surface area is 209 Å². The van der Waals surface area contributed by atoms with Gasteiger partial charge in [-0.2, -0.15) is 30.6 Å². The van der Waals surface area contributed by atoms with Gasteiger partial charge < -0.3 is 15.0 Å². The summed E-state index contributed by atoms with van der Waals surface area (Å²) in [5, 5.41) is 17.0. The molecular formula is C20H18F7N5O3S2. The van der Waals surface area contributed by atoms with E-state index in [0.717, 1.165) is 34.9 Å². The molecule has 0 saturated carbocycles. The molecule has 1 fully saturated rings. The van der Waals surface area contributed by atoms with Crippen LogP contribution in [0.25, 0.3) is 0 Å². The summed E-state index contributed by atoms with van der Waals surface area (Å²) in [7, 11) is -4.40. The highest BCUT2D eigenvalue weighted by atomic mass is 32.2. The molecule has 17 heteroatoms. The number of benzene rings is 1. The minimum atomic E-state index is -5.28.